The Morgan fingerprint density at radius 3 is 0.667 bits per heavy atom. The Morgan fingerprint density at radius 1 is 0.394 bits per heavy atom. The highest BCUT2D eigenvalue weighted by Crippen LogP contribution is 2.34. The van der Waals surface area contributed by atoms with Crippen molar-refractivity contribution < 1.29 is 17.7 Å². The number of hydrogen-bond acceptors (Lipinski definition) is 8. The van der Waals surface area contributed by atoms with Gasteiger partial charge in [-0.2, -0.15) is 0 Å². The van der Waals surface area contributed by atoms with Crippen molar-refractivity contribution in [3.8, 4) is 0 Å². The maximum absolute atomic E-state index is 6.86. The van der Waals surface area contributed by atoms with Crippen molar-refractivity contribution in [1.82, 2.24) is 19.6 Å². The van der Waals surface area contributed by atoms with E-state index in [1.807, 2.05) is 56.4 Å². The predicted octanol–water partition coefficient (Wildman–Crippen LogP) is 2.85. The molecule has 0 aromatic heterocycles. The van der Waals surface area contributed by atoms with E-state index in [0.29, 0.717) is 26.2 Å². The van der Waals surface area contributed by atoms with Crippen LogP contribution in [0.5, 0.6) is 0 Å². The lowest BCUT2D eigenvalue weighted by atomic mass is 10.1. The number of likely N-dealkylation sites (N-methyl/N-ethyl adjacent to an activating group) is 4. The third-order valence-electron chi connectivity index (χ3n) is 4.39. The van der Waals surface area contributed by atoms with Gasteiger partial charge < -0.3 is 37.3 Å². The fourth-order valence-corrected chi connectivity index (χ4v) is 7.87. The summed E-state index contributed by atoms with van der Waals surface area (Å²) in [5.74, 6) is 0. The van der Waals surface area contributed by atoms with Crippen LogP contribution in [0.15, 0.2) is 0 Å². The molecular weight excluding hydrogens is 436 g/mol. The topological polar surface area (TPSA) is 49.9 Å². The first-order chi connectivity index (χ1) is 14.5. The van der Waals surface area contributed by atoms with Crippen molar-refractivity contribution in [3.63, 3.8) is 0 Å². The molecule has 0 aliphatic heterocycles. The van der Waals surface area contributed by atoms with Crippen molar-refractivity contribution in [1.29, 1.82) is 0 Å². The molecule has 9 heteroatoms. The van der Waals surface area contributed by atoms with E-state index in [-0.39, 0.29) is 0 Å². The number of rotatable bonds is 16. The van der Waals surface area contributed by atoms with Crippen LogP contribution in [0.1, 0.15) is 55.4 Å². The second-order valence-electron chi connectivity index (χ2n) is 12.9. The van der Waals surface area contributed by atoms with E-state index >= 15 is 0 Å². The molecule has 0 bridgehead atoms. The molecule has 0 saturated carbocycles. The largest absolute Gasteiger partial charge is 0.681 e. The van der Waals surface area contributed by atoms with Crippen LogP contribution in [0.25, 0.3) is 0 Å². The van der Waals surface area contributed by atoms with E-state index in [9.17, 15) is 0 Å². The van der Waals surface area contributed by atoms with Gasteiger partial charge in [-0.1, -0.05) is 0 Å². The Hall–Kier alpha value is -0.103. The molecule has 0 aliphatic rings. The van der Waals surface area contributed by atoms with Gasteiger partial charge in [0.1, 0.15) is 0 Å². The fraction of sp³-hybridized carbons (Fsp3) is 1.00. The lowest BCUT2D eigenvalue weighted by molar-refractivity contribution is -0.174. The average Bonchev–Trinajstić information content (AvgIpc) is 2.36. The van der Waals surface area contributed by atoms with E-state index in [2.05, 4.69) is 75.0 Å². The Kier molecular flexibility index (Phi) is 12.2. The van der Waals surface area contributed by atoms with Crippen LogP contribution < -0.4 is 0 Å². The summed E-state index contributed by atoms with van der Waals surface area (Å²) in [5.41, 5.74) is -2.20. The van der Waals surface area contributed by atoms with Gasteiger partial charge >= 0.3 is 9.05 Å². The monoisotopic (exact) mass is 492 g/mol. The fourth-order valence-electron chi connectivity index (χ4n) is 4.65. The summed E-state index contributed by atoms with van der Waals surface area (Å²) in [6, 6.07) is 0. The minimum Gasteiger partial charge on any atom is -0.345 e. The van der Waals surface area contributed by atoms with Crippen molar-refractivity contribution >= 4 is 9.05 Å². The first kappa shape index (κ1) is 32.9. The molecule has 0 spiro atoms. The maximum atomic E-state index is 6.86. The molecule has 0 radical (unpaired) electrons. The first-order valence-electron chi connectivity index (χ1n) is 11.9. The van der Waals surface area contributed by atoms with E-state index in [1.165, 1.54) is 0 Å². The zero-order chi connectivity index (χ0) is 26.5. The Bertz CT molecular complexity index is 477. The highest BCUT2D eigenvalue weighted by Gasteiger charge is 2.59. The van der Waals surface area contributed by atoms with Gasteiger partial charge in [0.05, 0.1) is 22.4 Å². The SMILES string of the molecule is CN(C)CC(C)(C)O[Si](OC(C)(C)CN(C)C)(OC(C)(C)CN(C)C)OC(C)(C)CN(C)C. The lowest BCUT2D eigenvalue weighted by Gasteiger charge is -2.47. The van der Waals surface area contributed by atoms with E-state index in [0.717, 1.165) is 0 Å². The maximum Gasteiger partial charge on any atom is 0.681 e. The predicted molar refractivity (Wildman–Crippen MR) is 141 cm³/mol. The number of hydrogen-bond donors (Lipinski definition) is 0. The molecule has 0 aliphatic carbocycles. The number of nitrogens with zero attached hydrogens (tertiary/aromatic N) is 4. The van der Waals surface area contributed by atoms with Gasteiger partial charge in [0.15, 0.2) is 0 Å². The minimum absolute atomic E-state index is 0.549. The van der Waals surface area contributed by atoms with Gasteiger partial charge in [0, 0.05) is 26.2 Å². The van der Waals surface area contributed by atoms with Gasteiger partial charge in [-0.05, 0) is 112 Å². The molecule has 0 unspecified atom stereocenters. The lowest BCUT2D eigenvalue weighted by Crippen LogP contribution is -2.66. The molecule has 0 aromatic carbocycles. The van der Waals surface area contributed by atoms with Crippen molar-refractivity contribution in [2.24, 2.45) is 0 Å². The molecule has 0 aromatic rings. The van der Waals surface area contributed by atoms with Crippen molar-refractivity contribution in [2.75, 3.05) is 82.6 Å². The normalized spacial score (nSPS) is 14.9. The third kappa shape index (κ3) is 14.8. The summed E-state index contributed by atoms with van der Waals surface area (Å²) >= 11 is 0. The molecule has 0 N–H and O–H groups in total. The highest BCUT2D eigenvalue weighted by atomic mass is 28.4. The van der Waals surface area contributed by atoms with Gasteiger partial charge in [-0.15, -0.1) is 0 Å². The van der Waals surface area contributed by atoms with Crippen molar-refractivity contribution in [2.45, 2.75) is 77.8 Å². The highest BCUT2D eigenvalue weighted by molar-refractivity contribution is 6.54. The summed E-state index contributed by atoms with van der Waals surface area (Å²) in [6.45, 7) is 19.4. The summed E-state index contributed by atoms with van der Waals surface area (Å²) < 4.78 is 27.5. The minimum atomic E-state index is -3.71. The van der Waals surface area contributed by atoms with E-state index in [1.54, 1.807) is 0 Å². The molecule has 0 fully saturated rings. The molecule has 8 nitrogen and oxygen atoms in total. The van der Waals surface area contributed by atoms with E-state index in [4.69, 9.17) is 17.7 Å². The molecular formula is C24H56N4O4Si. The first-order valence-corrected chi connectivity index (χ1v) is 13.5. The Labute approximate surface area is 207 Å². The molecule has 200 valence electrons. The van der Waals surface area contributed by atoms with Gasteiger partial charge in [0.25, 0.3) is 0 Å². The molecule has 0 atom stereocenters. The molecule has 0 saturated heterocycles. The quantitative estimate of drug-likeness (QED) is 0.305. The van der Waals surface area contributed by atoms with Crippen LogP contribution in [0.4, 0.5) is 0 Å². The standard InChI is InChI=1S/C24H56N4O4Si/c1-21(2,17-25(9)10)29-33(30-22(3,4)18-26(11)12,31-23(5,6)19-27(13)14)32-24(7,8)20-28(15)16/h17-20H2,1-16H3. The Morgan fingerprint density at radius 2 is 0.545 bits per heavy atom. The third-order valence-corrected chi connectivity index (χ3v) is 7.60. The van der Waals surface area contributed by atoms with Crippen LogP contribution in [-0.2, 0) is 17.7 Å². The molecule has 33 heavy (non-hydrogen) atoms. The summed E-state index contributed by atoms with van der Waals surface area (Å²) in [5, 5.41) is 0. The van der Waals surface area contributed by atoms with Crippen LogP contribution >= 0.6 is 0 Å². The van der Waals surface area contributed by atoms with E-state index < -0.39 is 31.5 Å². The van der Waals surface area contributed by atoms with Crippen LogP contribution in [0, 0.1) is 0 Å². The van der Waals surface area contributed by atoms with Gasteiger partial charge in [-0.25, -0.2) is 0 Å². The smallest absolute Gasteiger partial charge is 0.345 e. The average molecular weight is 493 g/mol. The zero-order valence-corrected chi connectivity index (χ0v) is 25.8. The van der Waals surface area contributed by atoms with Crippen molar-refractivity contribution in [3.05, 3.63) is 0 Å². The Balaban J connectivity index is 6.58. The molecule has 0 amide bonds. The second kappa shape index (κ2) is 12.2. The zero-order valence-electron chi connectivity index (χ0n) is 24.8. The molecule has 0 heterocycles. The van der Waals surface area contributed by atoms with Crippen LogP contribution in [-0.4, -0.2) is 134 Å². The van der Waals surface area contributed by atoms with Crippen LogP contribution in [0.2, 0.25) is 0 Å². The van der Waals surface area contributed by atoms with Gasteiger partial charge in [-0.3, -0.25) is 0 Å². The summed E-state index contributed by atoms with van der Waals surface area (Å²) in [6.07, 6.45) is 0. The second-order valence-corrected chi connectivity index (χ2v) is 14.7. The summed E-state index contributed by atoms with van der Waals surface area (Å²) in [4.78, 5) is 8.44. The van der Waals surface area contributed by atoms with Gasteiger partial charge in [0.2, 0.25) is 0 Å². The molecule has 0 rings (SSSR count). The summed E-state index contributed by atoms with van der Waals surface area (Å²) in [7, 11) is 12.6. The van der Waals surface area contributed by atoms with Crippen LogP contribution in [0.3, 0.4) is 0 Å².